The van der Waals surface area contributed by atoms with E-state index in [9.17, 15) is 27.9 Å². The van der Waals surface area contributed by atoms with E-state index in [1.807, 2.05) is 0 Å². The van der Waals surface area contributed by atoms with Gasteiger partial charge in [0.1, 0.15) is 5.75 Å². The minimum Gasteiger partial charge on any atom is -0.497 e. The zero-order valence-electron chi connectivity index (χ0n) is 11.6. The van der Waals surface area contributed by atoms with E-state index in [4.69, 9.17) is 4.74 Å². The summed E-state index contributed by atoms with van der Waals surface area (Å²) in [5, 5.41) is 9.22. The molecule has 0 bridgehead atoms. The third kappa shape index (κ3) is 3.00. The van der Waals surface area contributed by atoms with Gasteiger partial charge in [-0.25, -0.2) is 0 Å². The Balaban J connectivity index is 2.43. The summed E-state index contributed by atoms with van der Waals surface area (Å²) in [6.07, 6.45) is -5.07. The first kappa shape index (κ1) is 16.1. The number of methoxy groups -OCH3 is 1. The molecular formula is C14H14F3NO4. The first-order valence-electron chi connectivity index (χ1n) is 6.50. The van der Waals surface area contributed by atoms with Gasteiger partial charge in [-0.05, 0) is 24.1 Å². The van der Waals surface area contributed by atoms with E-state index in [1.54, 1.807) is 12.1 Å². The predicted molar refractivity (Wildman–Crippen MR) is 69.2 cm³/mol. The molecule has 1 aromatic rings. The van der Waals surface area contributed by atoms with Crippen LogP contribution in [0.4, 0.5) is 13.2 Å². The lowest BCUT2D eigenvalue weighted by Crippen LogP contribution is -2.42. The number of carboxylic acids is 1. The Morgan fingerprint density at radius 2 is 2.05 bits per heavy atom. The van der Waals surface area contributed by atoms with Gasteiger partial charge >= 0.3 is 18.1 Å². The first-order chi connectivity index (χ1) is 10.3. The van der Waals surface area contributed by atoms with Crippen LogP contribution in [0.3, 0.4) is 0 Å². The molecule has 0 aromatic heterocycles. The highest BCUT2D eigenvalue weighted by Crippen LogP contribution is 2.40. The molecule has 120 valence electrons. The number of benzene rings is 1. The molecule has 22 heavy (non-hydrogen) atoms. The van der Waals surface area contributed by atoms with E-state index in [-0.39, 0.29) is 13.0 Å². The number of alkyl halides is 3. The Bertz CT molecular complexity index is 588. The summed E-state index contributed by atoms with van der Waals surface area (Å²) in [5.74, 6) is -3.96. The maximum absolute atomic E-state index is 12.7. The molecule has 5 nitrogen and oxygen atoms in total. The SMILES string of the molecule is COc1cccc([C@@H]2[C@H](C(=O)O)CCN2C(=O)C(F)(F)F)c1. The van der Waals surface area contributed by atoms with Gasteiger partial charge in [0.05, 0.1) is 19.1 Å². The van der Waals surface area contributed by atoms with Crippen LogP contribution in [0.15, 0.2) is 24.3 Å². The Hall–Kier alpha value is -2.25. The largest absolute Gasteiger partial charge is 0.497 e. The quantitative estimate of drug-likeness (QED) is 0.928. The lowest BCUT2D eigenvalue weighted by Gasteiger charge is -2.28. The van der Waals surface area contributed by atoms with Crippen LogP contribution in [-0.4, -0.2) is 41.7 Å². The number of nitrogens with zero attached hydrogens (tertiary/aromatic N) is 1. The maximum Gasteiger partial charge on any atom is 0.471 e. The maximum atomic E-state index is 12.7. The van der Waals surface area contributed by atoms with E-state index in [2.05, 4.69) is 0 Å². The second kappa shape index (κ2) is 5.86. The Kier molecular flexibility index (Phi) is 4.30. The number of carbonyl (C=O) groups excluding carboxylic acids is 1. The molecule has 1 amide bonds. The smallest absolute Gasteiger partial charge is 0.471 e. The molecule has 1 heterocycles. The fourth-order valence-electron chi connectivity index (χ4n) is 2.68. The van der Waals surface area contributed by atoms with Crippen molar-refractivity contribution in [3.8, 4) is 5.75 Å². The highest BCUT2D eigenvalue weighted by Gasteiger charge is 2.50. The number of halogens is 3. The van der Waals surface area contributed by atoms with Crippen molar-refractivity contribution in [3.63, 3.8) is 0 Å². The minimum atomic E-state index is -5.04. The molecule has 2 atom stereocenters. The van der Waals surface area contributed by atoms with Crippen molar-refractivity contribution in [1.29, 1.82) is 0 Å². The van der Waals surface area contributed by atoms with Crippen LogP contribution in [-0.2, 0) is 9.59 Å². The average Bonchev–Trinajstić information content (AvgIpc) is 2.90. The van der Waals surface area contributed by atoms with Crippen LogP contribution in [0.1, 0.15) is 18.0 Å². The van der Waals surface area contributed by atoms with E-state index >= 15 is 0 Å². The van der Waals surface area contributed by atoms with E-state index in [0.29, 0.717) is 16.2 Å². The molecule has 1 aromatic carbocycles. The van der Waals surface area contributed by atoms with Crippen LogP contribution in [0, 0.1) is 5.92 Å². The minimum absolute atomic E-state index is 0.0287. The predicted octanol–water partition coefficient (Wildman–Crippen LogP) is 2.23. The number of carbonyl (C=O) groups is 2. The van der Waals surface area contributed by atoms with Crippen LogP contribution in [0.2, 0.25) is 0 Å². The standard InChI is InChI=1S/C14H14F3NO4/c1-22-9-4-2-3-8(7-9)11-10(12(19)20)5-6-18(11)13(21)14(15,16)17/h2-4,7,10-11H,5-6H2,1H3,(H,19,20)/t10-,11-/m1/s1. The summed E-state index contributed by atoms with van der Waals surface area (Å²) in [6, 6.07) is 4.90. The van der Waals surface area contributed by atoms with Crippen molar-refractivity contribution in [2.45, 2.75) is 18.6 Å². The molecule has 1 aliphatic rings. The molecule has 0 aliphatic carbocycles. The second-order valence-corrected chi connectivity index (χ2v) is 4.95. The number of aliphatic carboxylic acids is 1. The normalized spacial score (nSPS) is 21.7. The number of amides is 1. The van der Waals surface area contributed by atoms with Crippen molar-refractivity contribution < 1.29 is 32.6 Å². The molecule has 1 aliphatic heterocycles. The highest BCUT2D eigenvalue weighted by molar-refractivity contribution is 5.84. The van der Waals surface area contributed by atoms with Crippen LogP contribution < -0.4 is 4.74 Å². The van der Waals surface area contributed by atoms with Gasteiger partial charge < -0.3 is 14.7 Å². The van der Waals surface area contributed by atoms with Gasteiger partial charge in [-0.15, -0.1) is 0 Å². The number of ether oxygens (including phenoxy) is 1. The molecule has 1 N–H and O–H groups in total. The molecule has 0 radical (unpaired) electrons. The summed E-state index contributed by atoms with van der Waals surface area (Å²) in [4.78, 5) is 23.4. The summed E-state index contributed by atoms with van der Waals surface area (Å²) < 4.78 is 43.1. The summed E-state index contributed by atoms with van der Waals surface area (Å²) >= 11 is 0. The monoisotopic (exact) mass is 317 g/mol. The van der Waals surface area contributed by atoms with Crippen molar-refractivity contribution in [3.05, 3.63) is 29.8 Å². The third-order valence-corrected chi connectivity index (χ3v) is 3.65. The lowest BCUT2D eigenvalue weighted by atomic mass is 9.93. The fourth-order valence-corrected chi connectivity index (χ4v) is 2.68. The summed E-state index contributed by atoms with van der Waals surface area (Å²) in [5.41, 5.74) is 0.307. The Labute approximate surface area is 124 Å². The molecular weight excluding hydrogens is 303 g/mol. The van der Waals surface area contributed by atoms with Gasteiger partial charge in [-0.3, -0.25) is 9.59 Å². The van der Waals surface area contributed by atoms with Crippen molar-refractivity contribution >= 4 is 11.9 Å². The van der Waals surface area contributed by atoms with E-state index in [1.165, 1.54) is 19.2 Å². The highest BCUT2D eigenvalue weighted by atomic mass is 19.4. The van der Waals surface area contributed by atoms with Crippen molar-refractivity contribution in [2.24, 2.45) is 5.92 Å². The van der Waals surface area contributed by atoms with Crippen LogP contribution >= 0.6 is 0 Å². The molecule has 2 rings (SSSR count). The molecule has 0 spiro atoms. The molecule has 8 heteroatoms. The van der Waals surface area contributed by atoms with Gasteiger partial charge in [0.15, 0.2) is 0 Å². The number of likely N-dealkylation sites (tertiary alicyclic amines) is 1. The second-order valence-electron chi connectivity index (χ2n) is 4.95. The number of hydrogen-bond acceptors (Lipinski definition) is 3. The zero-order chi connectivity index (χ0) is 16.5. The number of hydrogen-bond donors (Lipinski definition) is 1. The summed E-state index contributed by atoms with van der Waals surface area (Å²) in [7, 11) is 1.39. The van der Waals surface area contributed by atoms with Crippen LogP contribution in [0.5, 0.6) is 5.75 Å². The van der Waals surface area contributed by atoms with Crippen molar-refractivity contribution in [2.75, 3.05) is 13.7 Å². The van der Waals surface area contributed by atoms with Gasteiger partial charge in [-0.2, -0.15) is 13.2 Å². The topological polar surface area (TPSA) is 66.8 Å². The third-order valence-electron chi connectivity index (χ3n) is 3.65. The van der Waals surface area contributed by atoms with Gasteiger partial charge in [-0.1, -0.05) is 12.1 Å². The van der Waals surface area contributed by atoms with Gasteiger partial charge in [0.2, 0.25) is 0 Å². The van der Waals surface area contributed by atoms with Crippen LogP contribution in [0.25, 0.3) is 0 Å². The fraction of sp³-hybridized carbons (Fsp3) is 0.429. The molecule has 1 saturated heterocycles. The molecule has 1 fully saturated rings. The summed E-state index contributed by atoms with van der Waals surface area (Å²) in [6.45, 7) is -0.253. The average molecular weight is 317 g/mol. The Morgan fingerprint density at radius 3 is 2.59 bits per heavy atom. The van der Waals surface area contributed by atoms with E-state index in [0.717, 1.165) is 0 Å². The zero-order valence-corrected chi connectivity index (χ0v) is 11.6. The lowest BCUT2D eigenvalue weighted by molar-refractivity contribution is -0.187. The van der Waals surface area contributed by atoms with E-state index < -0.39 is 30.0 Å². The first-order valence-corrected chi connectivity index (χ1v) is 6.50. The van der Waals surface area contributed by atoms with Crippen molar-refractivity contribution in [1.82, 2.24) is 4.90 Å². The molecule has 0 saturated carbocycles. The molecule has 0 unspecified atom stereocenters. The van der Waals surface area contributed by atoms with Gasteiger partial charge in [0.25, 0.3) is 0 Å². The van der Waals surface area contributed by atoms with Gasteiger partial charge in [0, 0.05) is 6.54 Å². The Morgan fingerprint density at radius 1 is 1.36 bits per heavy atom. The number of carboxylic acid groups (broad SMARTS) is 1. The number of rotatable bonds is 3.